The van der Waals surface area contributed by atoms with Crippen molar-refractivity contribution >= 4 is 26.8 Å². The van der Waals surface area contributed by atoms with Crippen molar-refractivity contribution in [1.82, 2.24) is 4.57 Å². The van der Waals surface area contributed by atoms with Crippen molar-refractivity contribution in [3.8, 4) is 5.75 Å². The van der Waals surface area contributed by atoms with Crippen molar-refractivity contribution < 1.29 is 4.74 Å². The average Bonchev–Trinajstić information content (AvgIpc) is 2.61. The molecule has 0 N–H and O–H groups in total. The first-order valence-corrected chi connectivity index (χ1v) is 5.38. The van der Waals surface area contributed by atoms with Crippen LogP contribution in [0.3, 0.4) is 0 Å². The van der Waals surface area contributed by atoms with Gasteiger partial charge in [-0.1, -0.05) is 6.07 Å². The number of aryl methyl sites for hydroxylation is 1. The van der Waals surface area contributed by atoms with Crippen LogP contribution in [0.2, 0.25) is 0 Å². The van der Waals surface area contributed by atoms with E-state index in [2.05, 4.69) is 45.8 Å². The molecule has 0 bridgehead atoms. The molecule has 1 heterocycles. The van der Waals surface area contributed by atoms with Gasteiger partial charge in [-0.3, -0.25) is 0 Å². The molecule has 1 aromatic heterocycles. The maximum Gasteiger partial charge on any atom is 0.157 e. The van der Waals surface area contributed by atoms with E-state index < -0.39 is 0 Å². The Labute approximate surface area is 91.6 Å². The van der Waals surface area contributed by atoms with Gasteiger partial charge in [-0.15, -0.1) is 0 Å². The van der Waals surface area contributed by atoms with E-state index in [4.69, 9.17) is 4.74 Å². The van der Waals surface area contributed by atoms with Crippen LogP contribution in [0.1, 0.15) is 6.92 Å². The summed E-state index contributed by atoms with van der Waals surface area (Å²) in [4.78, 5) is 0. The third-order valence-electron chi connectivity index (χ3n) is 2.38. The van der Waals surface area contributed by atoms with Crippen LogP contribution in [-0.2, 0) is 6.54 Å². The molecule has 74 valence electrons. The molecule has 0 unspecified atom stereocenters. The lowest BCUT2D eigenvalue weighted by atomic mass is 10.2. The first-order chi connectivity index (χ1) is 6.77. The fourth-order valence-electron chi connectivity index (χ4n) is 1.70. The van der Waals surface area contributed by atoms with E-state index in [0.29, 0.717) is 0 Å². The van der Waals surface area contributed by atoms with Crippen LogP contribution < -0.4 is 4.74 Å². The molecule has 14 heavy (non-hydrogen) atoms. The Morgan fingerprint density at radius 3 is 2.79 bits per heavy atom. The van der Waals surface area contributed by atoms with Crippen LogP contribution >= 0.6 is 15.9 Å². The van der Waals surface area contributed by atoms with E-state index in [-0.39, 0.29) is 0 Å². The van der Waals surface area contributed by atoms with Gasteiger partial charge in [0.25, 0.3) is 0 Å². The fraction of sp³-hybridized carbons (Fsp3) is 0.273. The third-order valence-corrected chi connectivity index (χ3v) is 3.01. The minimum Gasteiger partial charge on any atom is -0.493 e. The summed E-state index contributed by atoms with van der Waals surface area (Å²) in [5.74, 6) is 0.911. The van der Waals surface area contributed by atoms with Crippen LogP contribution in [0.4, 0.5) is 0 Å². The highest BCUT2D eigenvalue weighted by atomic mass is 79.9. The quantitative estimate of drug-likeness (QED) is 0.800. The van der Waals surface area contributed by atoms with Gasteiger partial charge in [0.2, 0.25) is 0 Å². The molecule has 0 amide bonds. The Hall–Kier alpha value is -0.960. The Balaban J connectivity index is 2.81. The standard InChI is InChI=1S/C11H12BrNO/c1-3-13-7-6-8-4-5-9(12)11(14-2)10(8)13/h4-7H,3H2,1-2H3. The van der Waals surface area contributed by atoms with E-state index in [0.717, 1.165) is 22.3 Å². The number of aromatic nitrogens is 1. The SMILES string of the molecule is CCn1ccc2ccc(Br)c(OC)c21. The molecule has 1 aromatic carbocycles. The zero-order valence-corrected chi connectivity index (χ0v) is 9.84. The molecular weight excluding hydrogens is 242 g/mol. The number of fused-ring (bicyclic) bond motifs is 1. The topological polar surface area (TPSA) is 14.2 Å². The molecule has 2 rings (SSSR count). The molecule has 0 aliphatic carbocycles. The number of hydrogen-bond acceptors (Lipinski definition) is 1. The molecule has 2 nitrogen and oxygen atoms in total. The summed E-state index contributed by atoms with van der Waals surface area (Å²) in [5, 5.41) is 1.21. The van der Waals surface area contributed by atoms with Gasteiger partial charge in [-0.2, -0.15) is 0 Å². The molecular formula is C11H12BrNO. The summed E-state index contributed by atoms with van der Waals surface area (Å²) in [6, 6.07) is 6.21. The van der Waals surface area contributed by atoms with Gasteiger partial charge in [0, 0.05) is 18.1 Å². The van der Waals surface area contributed by atoms with Gasteiger partial charge in [-0.25, -0.2) is 0 Å². The Morgan fingerprint density at radius 1 is 1.36 bits per heavy atom. The zero-order valence-electron chi connectivity index (χ0n) is 8.25. The molecule has 0 aliphatic rings. The normalized spacial score (nSPS) is 10.8. The second-order valence-corrected chi connectivity index (χ2v) is 3.97. The van der Waals surface area contributed by atoms with E-state index in [1.54, 1.807) is 7.11 Å². The minimum atomic E-state index is 0.911. The summed E-state index contributed by atoms with van der Waals surface area (Å²) < 4.78 is 8.57. The van der Waals surface area contributed by atoms with Crippen LogP contribution in [0, 0.1) is 0 Å². The van der Waals surface area contributed by atoms with Crippen molar-refractivity contribution in [2.24, 2.45) is 0 Å². The van der Waals surface area contributed by atoms with E-state index >= 15 is 0 Å². The first-order valence-electron chi connectivity index (χ1n) is 4.59. The smallest absolute Gasteiger partial charge is 0.157 e. The van der Waals surface area contributed by atoms with Crippen molar-refractivity contribution in [3.63, 3.8) is 0 Å². The maximum atomic E-state index is 5.39. The fourth-order valence-corrected chi connectivity index (χ4v) is 2.18. The summed E-state index contributed by atoms with van der Waals surface area (Å²) in [6.45, 7) is 3.08. The summed E-state index contributed by atoms with van der Waals surface area (Å²) in [6.07, 6.45) is 2.08. The van der Waals surface area contributed by atoms with E-state index in [9.17, 15) is 0 Å². The second-order valence-electron chi connectivity index (χ2n) is 3.12. The zero-order chi connectivity index (χ0) is 10.1. The van der Waals surface area contributed by atoms with Crippen LogP contribution in [-0.4, -0.2) is 11.7 Å². The lowest BCUT2D eigenvalue weighted by Gasteiger charge is -2.08. The highest BCUT2D eigenvalue weighted by Crippen LogP contribution is 2.33. The summed E-state index contributed by atoms with van der Waals surface area (Å²) >= 11 is 3.49. The van der Waals surface area contributed by atoms with Crippen LogP contribution in [0.5, 0.6) is 5.75 Å². The molecule has 0 fully saturated rings. The number of benzene rings is 1. The molecule has 3 heteroatoms. The van der Waals surface area contributed by atoms with Gasteiger partial charge in [0.05, 0.1) is 17.1 Å². The number of halogens is 1. The van der Waals surface area contributed by atoms with Gasteiger partial charge >= 0.3 is 0 Å². The first kappa shape index (κ1) is 9.59. The Bertz CT molecular complexity index is 462. The second kappa shape index (κ2) is 3.65. The molecule has 0 radical (unpaired) electrons. The monoisotopic (exact) mass is 253 g/mol. The molecule has 0 saturated carbocycles. The van der Waals surface area contributed by atoms with E-state index in [1.165, 1.54) is 5.39 Å². The molecule has 2 aromatic rings. The highest BCUT2D eigenvalue weighted by molar-refractivity contribution is 9.10. The Kier molecular flexibility index (Phi) is 2.50. The third kappa shape index (κ3) is 1.32. The summed E-state index contributed by atoms with van der Waals surface area (Å²) in [5.41, 5.74) is 1.16. The maximum absolute atomic E-state index is 5.39. The minimum absolute atomic E-state index is 0.911. The predicted octanol–water partition coefficient (Wildman–Crippen LogP) is 3.43. The highest BCUT2D eigenvalue weighted by Gasteiger charge is 2.09. The largest absolute Gasteiger partial charge is 0.493 e. The van der Waals surface area contributed by atoms with Gasteiger partial charge in [0.15, 0.2) is 5.75 Å². The number of rotatable bonds is 2. The number of methoxy groups -OCH3 is 1. The molecule has 0 aliphatic heterocycles. The lowest BCUT2D eigenvalue weighted by Crippen LogP contribution is -1.94. The average molecular weight is 254 g/mol. The van der Waals surface area contributed by atoms with Gasteiger partial charge in [0.1, 0.15) is 0 Å². The number of ether oxygens (including phenoxy) is 1. The van der Waals surface area contributed by atoms with Gasteiger partial charge in [-0.05, 0) is 35.0 Å². The number of hydrogen-bond donors (Lipinski definition) is 0. The van der Waals surface area contributed by atoms with Crippen molar-refractivity contribution in [2.75, 3.05) is 7.11 Å². The van der Waals surface area contributed by atoms with Crippen molar-refractivity contribution in [3.05, 3.63) is 28.9 Å². The number of nitrogens with zero attached hydrogens (tertiary/aromatic N) is 1. The Morgan fingerprint density at radius 2 is 2.14 bits per heavy atom. The van der Waals surface area contributed by atoms with Gasteiger partial charge < -0.3 is 9.30 Å². The van der Waals surface area contributed by atoms with Crippen molar-refractivity contribution in [2.45, 2.75) is 13.5 Å². The molecule has 0 saturated heterocycles. The molecule has 0 atom stereocenters. The van der Waals surface area contributed by atoms with Crippen molar-refractivity contribution in [1.29, 1.82) is 0 Å². The summed E-state index contributed by atoms with van der Waals surface area (Å²) in [7, 11) is 1.70. The predicted molar refractivity (Wildman–Crippen MR) is 61.9 cm³/mol. The van der Waals surface area contributed by atoms with E-state index in [1.807, 2.05) is 6.07 Å². The van der Waals surface area contributed by atoms with Crippen LogP contribution in [0.15, 0.2) is 28.9 Å². The lowest BCUT2D eigenvalue weighted by molar-refractivity contribution is 0.415. The van der Waals surface area contributed by atoms with Crippen LogP contribution in [0.25, 0.3) is 10.9 Å². The molecule has 0 spiro atoms.